The second-order valence-electron chi connectivity index (χ2n) is 0.214. The van der Waals surface area contributed by atoms with Crippen LogP contribution in [0.15, 0.2) is 0 Å². The van der Waals surface area contributed by atoms with Gasteiger partial charge in [0, 0.05) is 0 Å². The van der Waals surface area contributed by atoms with Crippen molar-refractivity contribution in [1.82, 2.24) is 0 Å². The second kappa shape index (κ2) is 4.86. The van der Waals surface area contributed by atoms with Crippen molar-refractivity contribution >= 4 is 15.9 Å². The van der Waals surface area contributed by atoms with Gasteiger partial charge in [-0.05, 0) is 0 Å². The van der Waals surface area contributed by atoms with Crippen LogP contribution >= 0.6 is 15.9 Å². The Balaban J connectivity index is 0. The van der Waals surface area contributed by atoms with Crippen LogP contribution in [0, 0.1) is 5.33 Å². The van der Waals surface area contributed by atoms with E-state index < -0.39 is 5.33 Å². The molecule has 0 spiro atoms. The van der Waals surface area contributed by atoms with Gasteiger partial charge in [-0.2, -0.15) is 0 Å². The minimum Gasteiger partial charge on any atom is -0.409 e. The van der Waals surface area contributed by atoms with E-state index in [1.165, 1.54) is 0 Å². The standard InChI is InChI=1S/CBrF2.Cu/c2-1(3)4;/q-1;+1. The molecule has 5 heavy (non-hydrogen) atoms. The van der Waals surface area contributed by atoms with Crippen molar-refractivity contribution in [3.8, 4) is 0 Å². The summed E-state index contributed by atoms with van der Waals surface area (Å²) in [4.78, 5) is 0. The summed E-state index contributed by atoms with van der Waals surface area (Å²) in [5, 5.41) is -1.77. The molecule has 0 bridgehead atoms. The first kappa shape index (κ1) is 9.29. The van der Waals surface area contributed by atoms with Gasteiger partial charge in [0.15, 0.2) is 0 Å². The van der Waals surface area contributed by atoms with Crippen LogP contribution in [-0.2, 0) is 17.1 Å². The Bertz CT molecular complexity index is 14.4. The first-order valence-electron chi connectivity index (χ1n) is 0.567. The summed E-state index contributed by atoms with van der Waals surface area (Å²) in [5.41, 5.74) is 0. The van der Waals surface area contributed by atoms with Crippen LogP contribution in [0.4, 0.5) is 8.78 Å². The van der Waals surface area contributed by atoms with Crippen LogP contribution in [-0.4, -0.2) is 0 Å². The van der Waals surface area contributed by atoms with E-state index in [1.54, 1.807) is 0 Å². The average molecular weight is 193 g/mol. The molecule has 0 radical (unpaired) electrons. The molecule has 0 aliphatic carbocycles. The van der Waals surface area contributed by atoms with Gasteiger partial charge in [0.1, 0.15) is 0 Å². The smallest absolute Gasteiger partial charge is 0.409 e. The third-order valence-electron chi connectivity index (χ3n) is 0. The second-order valence-corrected chi connectivity index (χ2v) is 0.814. The molecule has 0 aromatic carbocycles. The van der Waals surface area contributed by atoms with E-state index in [-0.39, 0.29) is 17.1 Å². The number of hydrogen-bond acceptors (Lipinski definition) is 0. The van der Waals surface area contributed by atoms with Gasteiger partial charge in [-0.1, -0.05) is 0 Å². The monoisotopic (exact) mass is 192 g/mol. The fourth-order valence-electron chi connectivity index (χ4n) is 0. The third kappa shape index (κ3) is 53.8. The zero-order valence-corrected chi connectivity index (χ0v) is 4.46. The summed E-state index contributed by atoms with van der Waals surface area (Å²) in [6.07, 6.45) is 0. The molecule has 0 saturated carbocycles. The van der Waals surface area contributed by atoms with Crippen LogP contribution in [0.5, 0.6) is 0 Å². The Morgan fingerprint density at radius 1 is 1.40 bits per heavy atom. The van der Waals surface area contributed by atoms with E-state index in [0.717, 1.165) is 0 Å². The van der Waals surface area contributed by atoms with Crippen LogP contribution in [0.2, 0.25) is 0 Å². The Labute approximate surface area is 47.5 Å². The molecule has 0 aromatic heterocycles. The summed E-state index contributed by atoms with van der Waals surface area (Å²) in [6.45, 7) is 0. The number of halogens is 3. The van der Waals surface area contributed by atoms with Crippen LogP contribution in [0.25, 0.3) is 0 Å². The van der Waals surface area contributed by atoms with Gasteiger partial charge in [-0.25, -0.2) is 15.9 Å². The minimum atomic E-state index is -1.77. The molecule has 0 nitrogen and oxygen atoms in total. The molecule has 0 atom stereocenters. The fraction of sp³-hybridized carbons (Fsp3) is 0. The number of hydrogen-bond donors (Lipinski definition) is 0. The fourth-order valence-corrected chi connectivity index (χ4v) is 0. The summed E-state index contributed by atoms with van der Waals surface area (Å²) in [5.74, 6) is 0. The van der Waals surface area contributed by atoms with Crippen LogP contribution in [0.3, 0.4) is 0 Å². The maximum atomic E-state index is 10.2. The zero-order chi connectivity index (χ0) is 3.58. The molecule has 0 N–H and O–H groups in total. The SMILES string of the molecule is F[C-](F)Br.[Cu+]. The molecule has 0 fully saturated rings. The third-order valence-corrected chi connectivity index (χ3v) is 0. The predicted octanol–water partition coefficient (Wildman–Crippen LogP) is 1.76. The molecule has 0 heterocycles. The molecule has 0 unspecified atom stereocenters. The van der Waals surface area contributed by atoms with Gasteiger partial charge in [-0.15, -0.1) is 0 Å². The largest absolute Gasteiger partial charge is 1.00 e. The van der Waals surface area contributed by atoms with Crippen molar-refractivity contribution in [2.45, 2.75) is 0 Å². The molecule has 4 heteroatoms. The van der Waals surface area contributed by atoms with Crippen LogP contribution < -0.4 is 0 Å². The van der Waals surface area contributed by atoms with Gasteiger partial charge >= 0.3 is 17.1 Å². The van der Waals surface area contributed by atoms with E-state index in [2.05, 4.69) is 0 Å². The molecule has 0 aliphatic heterocycles. The Morgan fingerprint density at radius 2 is 1.40 bits per heavy atom. The van der Waals surface area contributed by atoms with Gasteiger partial charge in [-0.3, -0.25) is 0 Å². The van der Waals surface area contributed by atoms with E-state index >= 15 is 0 Å². The first-order valence-corrected chi connectivity index (χ1v) is 1.36. The van der Waals surface area contributed by atoms with E-state index in [0.29, 0.717) is 0 Å². The maximum absolute atomic E-state index is 10.2. The van der Waals surface area contributed by atoms with Crippen molar-refractivity contribution in [2.75, 3.05) is 0 Å². The van der Waals surface area contributed by atoms with Crippen molar-refractivity contribution in [1.29, 1.82) is 0 Å². The zero-order valence-electron chi connectivity index (χ0n) is 1.94. The normalized spacial score (nSPS) is 7.20. The topological polar surface area (TPSA) is 0 Å². The summed E-state index contributed by atoms with van der Waals surface area (Å²) >= 11 is 1.85. The Morgan fingerprint density at radius 3 is 1.40 bits per heavy atom. The maximum Gasteiger partial charge on any atom is 1.00 e. The Hall–Kier alpha value is 0.859. The van der Waals surface area contributed by atoms with Crippen molar-refractivity contribution < 1.29 is 25.8 Å². The summed E-state index contributed by atoms with van der Waals surface area (Å²) in [7, 11) is 0. The number of rotatable bonds is 0. The molecule has 0 aliphatic rings. The van der Waals surface area contributed by atoms with Crippen molar-refractivity contribution in [3.05, 3.63) is 5.33 Å². The van der Waals surface area contributed by atoms with Crippen molar-refractivity contribution in [3.63, 3.8) is 0 Å². The van der Waals surface area contributed by atoms with E-state index in [4.69, 9.17) is 0 Å². The molecular formula is CBrCuF2. The van der Waals surface area contributed by atoms with Gasteiger partial charge in [0.2, 0.25) is 0 Å². The minimum absolute atomic E-state index is 0. The molecule has 36 valence electrons. The van der Waals surface area contributed by atoms with Gasteiger partial charge in [0.25, 0.3) is 0 Å². The van der Waals surface area contributed by atoms with Gasteiger partial charge in [0.05, 0.1) is 5.33 Å². The molecular weight excluding hydrogens is 193 g/mol. The van der Waals surface area contributed by atoms with Gasteiger partial charge < -0.3 is 8.78 Å². The summed E-state index contributed by atoms with van der Waals surface area (Å²) < 4.78 is 20.3. The van der Waals surface area contributed by atoms with E-state index in [1.807, 2.05) is 15.9 Å². The quantitative estimate of drug-likeness (QED) is 0.406. The molecule has 0 aromatic rings. The van der Waals surface area contributed by atoms with Crippen molar-refractivity contribution in [2.24, 2.45) is 0 Å². The van der Waals surface area contributed by atoms with Crippen LogP contribution in [0.1, 0.15) is 0 Å². The molecule has 0 amide bonds. The Kier molecular flexibility index (Phi) is 9.03. The predicted molar refractivity (Wildman–Crippen MR) is 14.4 cm³/mol. The molecule has 0 rings (SSSR count). The summed E-state index contributed by atoms with van der Waals surface area (Å²) in [6, 6.07) is 0. The van der Waals surface area contributed by atoms with E-state index in [9.17, 15) is 8.78 Å². The first-order chi connectivity index (χ1) is 1.73. The average Bonchev–Trinajstić information content (AvgIpc) is 0.811. The molecule has 0 saturated heterocycles.